The summed E-state index contributed by atoms with van der Waals surface area (Å²) >= 11 is 2.23. The Morgan fingerprint density at radius 1 is 0.943 bits per heavy atom. The summed E-state index contributed by atoms with van der Waals surface area (Å²) in [5, 5.41) is 3.08. The van der Waals surface area contributed by atoms with Crippen molar-refractivity contribution in [3.05, 3.63) is 99.1 Å². The lowest BCUT2D eigenvalue weighted by Crippen LogP contribution is -2.55. The molecule has 6 heteroatoms. The molecule has 0 heterocycles. The third-order valence-electron chi connectivity index (χ3n) is 5.55. The molecule has 3 rings (SSSR count). The maximum Gasteiger partial charge on any atom is 0.261 e. The van der Waals surface area contributed by atoms with E-state index in [2.05, 4.69) is 27.9 Å². The molecule has 0 aliphatic carbocycles. The van der Waals surface area contributed by atoms with Gasteiger partial charge >= 0.3 is 0 Å². The Hall–Kier alpha value is -2.87. The first-order valence-electron chi connectivity index (χ1n) is 11.7. The van der Waals surface area contributed by atoms with Gasteiger partial charge in [0.1, 0.15) is 11.8 Å². The van der Waals surface area contributed by atoms with Gasteiger partial charge in [-0.25, -0.2) is 0 Å². The standard InChI is InChI=1S/C29H33IN2O3/c1-21-10-8-9-13-23(21)19-32(27(33)20-35-25-16-14-24(30)15-17-25)26(28(34)31-29(2,3)4)18-22-11-6-5-7-12-22/h5-17,26H,18-20H2,1-4H3,(H,31,34)/t26-/m0/s1. The molecule has 1 N–H and O–H groups in total. The van der Waals surface area contributed by atoms with Gasteiger partial charge in [0.15, 0.2) is 6.61 Å². The number of aryl methyl sites for hydroxylation is 1. The number of hydrogen-bond donors (Lipinski definition) is 1. The van der Waals surface area contributed by atoms with Crippen LogP contribution >= 0.6 is 22.6 Å². The number of ether oxygens (including phenoxy) is 1. The maximum atomic E-state index is 13.6. The number of carbonyl (C=O) groups is 2. The second kappa shape index (κ2) is 12.2. The number of nitrogens with one attached hydrogen (secondary N) is 1. The number of nitrogens with zero attached hydrogens (tertiary/aromatic N) is 1. The molecule has 0 saturated carbocycles. The molecule has 0 fully saturated rings. The van der Waals surface area contributed by atoms with Crippen LogP contribution in [0, 0.1) is 10.5 Å². The van der Waals surface area contributed by atoms with Crippen molar-refractivity contribution in [2.45, 2.75) is 52.2 Å². The third kappa shape index (κ3) is 8.38. The van der Waals surface area contributed by atoms with Crippen molar-refractivity contribution in [2.24, 2.45) is 0 Å². The Labute approximate surface area is 222 Å². The number of benzene rings is 3. The highest BCUT2D eigenvalue weighted by Gasteiger charge is 2.32. The molecule has 0 saturated heterocycles. The Balaban J connectivity index is 1.93. The molecule has 0 bridgehead atoms. The quantitative estimate of drug-likeness (QED) is 0.337. The number of rotatable bonds is 9. The smallest absolute Gasteiger partial charge is 0.261 e. The molecular weight excluding hydrogens is 551 g/mol. The minimum atomic E-state index is -0.691. The maximum absolute atomic E-state index is 13.6. The predicted molar refractivity (Wildman–Crippen MR) is 148 cm³/mol. The van der Waals surface area contributed by atoms with Gasteiger partial charge in [0.25, 0.3) is 5.91 Å². The van der Waals surface area contributed by atoms with Crippen LogP contribution in [0.3, 0.4) is 0 Å². The second-order valence-corrected chi connectivity index (χ2v) is 10.9. The zero-order chi connectivity index (χ0) is 25.4. The van der Waals surface area contributed by atoms with Crippen LogP contribution in [-0.4, -0.2) is 34.9 Å². The van der Waals surface area contributed by atoms with Gasteiger partial charge in [0.05, 0.1) is 0 Å². The lowest BCUT2D eigenvalue weighted by atomic mass is 10.00. The van der Waals surface area contributed by atoms with Crippen molar-refractivity contribution in [1.82, 2.24) is 10.2 Å². The van der Waals surface area contributed by atoms with E-state index in [9.17, 15) is 9.59 Å². The minimum Gasteiger partial charge on any atom is -0.484 e. The summed E-state index contributed by atoms with van der Waals surface area (Å²) in [6.07, 6.45) is 0.407. The SMILES string of the molecule is Cc1ccccc1CN(C(=O)COc1ccc(I)cc1)[C@@H](Cc1ccccc1)C(=O)NC(C)(C)C. The van der Waals surface area contributed by atoms with Gasteiger partial charge < -0.3 is 15.0 Å². The van der Waals surface area contributed by atoms with E-state index in [0.717, 1.165) is 20.3 Å². The van der Waals surface area contributed by atoms with Crippen LogP contribution < -0.4 is 10.1 Å². The molecule has 0 radical (unpaired) electrons. The molecule has 1 atom stereocenters. The highest BCUT2D eigenvalue weighted by molar-refractivity contribution is 14.1. The molecule has 184 valence electrons. The Morgan fingerprint density at radius 2 is 1.57 bits per heavy atom. The van der Waals surface area contributed by atoms with Gasteiger partial charge in [-0.3, -0.25) is 9.59 Å². The van der Waals surface area contributed by atoms with Gasteiger partial charge in [-0.15, -0.1) is 0 Å². The molecule has 0 unspecified atom stereocenters. The summed E-state index contributed by atoms with van der Waals surface area (Å²) in [6.45, 7) is 8.01. The first kappa shape index (κ1) is 26.7. The van der Waals surface area contributed by atoms with Crippen molar-refractivity contribution < 1.29 is 14.3 Å². The van der Waals surface area contributed by atoms with Crippen LogP contribution in [0.1, 0.15) is 37.5 Å². The van der Waals surface area contributed by atoms with E-state index in [1.165, 1.54) is 0 Å². The average molecular weight is 584 g/mol. The topological polar surface area (TPSA) is 58.6 Å². The van der Waals surface area contributed by atoms with Crippen molar-refractivity contribution in [3.63, 3.8) is 0 Å². The van der Waals surface area contributed by atoms with E-state index in [4.69, 9.17) is 4.74 Å². The summed E-state index contributed by atoms with van der Waals surface area (Å²) in [7, 11) is 0. The lowest BCUT2D eigenvalue weighted by Gasteiger charge is -2.34. The highest BCUT2D eigenvalue weighted by Crippen LogP contribution is 2.19. The van der Waals surface area contributed by atoms with E-state index < -0.39 is 11.6 Å². The van der Waals surface area contributed by atoms with E-state index in [1.54, 1.807) is 4.90 Å². The lowest BCUT2D eigenvalue weighted by molar-refractivity contribution is -0.143. The number of amides is 2. The molecule has 5 nitrogen and oxygen atoms in total. The van der Waals surface area contributed by atoms with Crippen molar-refractivity contribution in [3.8, 4) is 5.75 Å². The Morgan fingerprint density at radius 3 is 2.20 bits per heavy atom. The largest absolute Gasteiger partial charge is 0.484 e. The molecule has 3 aromatic carbocycles. The zero-order valence-corrected chi connectivity index (χ0v) is 22.9. The molecule has 0 aliphatic heterocycles. The van der Waals surface area contributed by atoms with Crippen LogP contribution in [0.25, 0.3) is 0 Å². The molecular formula is C29H33IN2O3. The number of hydrogen-bond acceptors (Lipinski definition) is 3. The van der Waals surface area contributed by atoms with Crippen LogP contribution in [0.2, 0.25) is 0 Å². The van der Waals surface area contributed by atoms with Crippen LogP contribution in [0.4, 0.5) is 0 Å². The monoisotopic (exact) mass is 584 g/mol. The first-order valence-corrected chi connectivity index (χ1v) is 12.8. The van der Waals surface area contributed by atoms with Crippen LogP contribution in [0.5, 0.6) is 5.75 Å². The number of carbonyl (C=O) groups excluding carboxylic acids is 2. The van der Waals surface area contributed by atoms with Crippen molar-refractivity contribution in [1.29, 1.82) is 0 Å². The first-order chi connectivity index (χ1) is 16.6. The van der Waals surface area contributed by atoms with E-state index in [1.807, 2.05) is 107 Å². The average Bonchev–Trinajstić information content (AvgIpc) is 2.81. The third-order valence-corrected chi connectivity index (χ3v) is 6.27. The molecule has 0 spiro atoms. The normalized spacial score (nSPS) is 12.0. The highest BCUT2D eigenvalue weighted by atomic mass is 127. The minimum absolute atomic E-state index is 0.152. The van der Waals surface area contributed by atoms with Gasteiger partial charge in [0.2, 0.25) is 5.91 Å². The number of halogens is 1. The summed E-state index contributed by atoms with van der Waals surface area (Å²) < 4.78 is 6.91. The van der Waals surface area contributed by atoms with Gasteiger partial charge in [-0.05, 0) is 91.2 Å². The molecule has 0 aromatic heterocycles. The molecule has 0 aliphatic rings. The Kier molecular flexibility index (Phi) is 9.32. The molecule has 2 amide bonds. The summed E-state index contributed by atoms with van der Waals surface area (Å²) in [5.41, 5.74) is 2.62. The molecule has 35 heavy (non-hydrogen) atoms. The predicted octanol–water partition coefficient (Wildman–Crippen LogP) is 5.53. The van der Waals surface area contributed by atoms with Crippen molar-refractivity contribution in [2.75, 3.05) is 6.61 Å². The fourth-order valence-electron chi connectivity index (χ4n) is 3.74. The van der Waals surface area contributed by atoms with Crippen LogP contribution in [-0.2, 0) is 22.6 Å². The summed E-state index contributed by atoms with van der Waals surface area (Å²) in [6, 6.07) is 24.6. The second-order valence-electron chi connectivity index (χ2n) is 9.64. The van der Waals surface area contributed by atoms with E-state index in [0.29, 0.717) is 18.7 Å². The summed E-state index contributed by atoms with van der Waals surface area (Å²) in [4.78, 5) is 28.8. The fourth-order valence-corrected chi connectivity index (χ4v) is 4.10. The van der Waals surface area contributed by atoms with E-state index >= 15 is 0 Å². The van der Waals surface area contributed by atoms with Crippen LogP contribution in [0.15, 0.2) is 78.9 Å². The summed E-state index contributed by atoms with van der Waals surface area (Å²) in [5.74, 6) is 0.197. The molecule has 3 aromatic rings. The van der Waals surface area contributed by atoms with Gasteiger partial charge in [-0.1, -0.05) is 54.6 Å². The van der Waals surface area contributed by atoms with E-state index in [-0.39, 0.29) is 18.4 Å². The Bertz CT molecular complexity index is 1120. The zero-order valence-electron chi connectivity index (χ0n) is 20.8. The van der Waals surface area contributed by atoms with Gasteiger partial charge in [-0.2, -0.15) is 0 Å². The fraction of sp³-hybridized carbons (Fsp3) is 0.310. The van der Waals surface area contributed by atoms with Gasteiger partial charge in [0, 0.05) is 22.1 Å². The van der Waals surface area contributed by atoms with Crippen molar-refractivity contribution >= 4 is 34.4 Å².